The highest BCUT2D eigenvalue weighted by Gasteiger charge is 2.20. The smallest absolute Gasteiger partial charge is 0.236 e. The standard InChI is InChI=1S/C20H29N3O2/c1-21(2)20(25)17-22-13-8-14-23(16-15-22)19(24)12-7-6-11-18-9-4-3-5-10-18/h3-6,9-11H,7-8,12-17H2,1-2H3. The molecule has 1 aliphatic heterocycles. The molecule has 0 unspecified atom stereocenters. The highest BCUT2D eigenvalue weighted by molar-refractivity contribution is 5.78. The first-order valence-electron chi connectivity index (χ1n) is 8.98. The van der Waals surface area contributed by atoms with Gasteiger partial charge in [-0.1, -0.05) is 42.5 Å². The van der Waals surface area contributed by atoms with E-state index in [1.54, 1.807) is 19.0 Å². The molecule has 1 heterocycles. The Bertz CT molecular complexity index is 584. The Morgan fingerprint density at radius 3 is 2.56 bits per heavy atom. The highest BCUT2D eigenvalue weighted by atomic mass is 16.2. The number of amides is 2. The summed E-state index contributed by atoms with van der Waals surface area (Å²) >= 11 is 0. The molecule has 5 nitrogen and oxygen atoms in total. The summed E-state index contributed by atoms with van der Waals surface area (Å²) in [4.78, 5) is 29.9. The summed E-state index contributed by atoms with van der Waals surface area (Å²) in [6, 6.07) is 10.1. The van der Waals surface area contributed by atoms with E-state index in [2.05, 4.69) is 29.2 Å². The zero-order valence-corrected chi connectivity index (χ0v) is 15.4. The maximum atomic E-state index is 12.4. The van der Waals surface area contributed by atoms with E-state index in [0.717, 1.165) is 38.0 Å². The van der Waals surface area contributed by atoms with Crippen molar-refractivity contribution in [2.75, 3.05) is 46.8 Å². The molecule has 0 saturated carbocycles. The molecule has 0 spiro atoms. The van der Waals surface area contributed by atoms with Gasteiger partial charge in [-0.3, -0.25) is 14.5 Å². The lowest BCUT2D eigenvalue weighted by Gasteiger charge is -2.22. The molecule has 1 aromatic rings. The van der Waals surface area contributed by atoms with Crippen LogP contribution in [0.15, 0.2) is 36.4 Å². The van der Waals surface area contributed by atoms with Gasteiger partial charge >= 0.3 is 0 Å². The summed E-state index contributed by atoms with van der Waals surface area (Å²) in [5, 5.41) is 0. The average molecular weight is 343 g/mol. The highest BCUT2D eigenvalue weighted by Crippen LogP contribution is 2.08. The molecule has 0 atom stereocenters. The fourth-order valence-electron chi connectivity index (χ4n) is 2.86. The lowest BCUT2D eigenvalue weighted by molar-refractivity contribution is -0.131. The SMILES string of the molecule is CN(C)C(=O)CN1CCCN(C(=O)CCC=Cc2ccccc2)CC1. The van der Waals surface area contributed by atoms with Gasteiger partial charge in [-0.25, -0.2) is 0 Å². The molecule has 0 aromatic heterocycles. The van der Waals surface area contributed by atoms with Gasteiger partial charge in [0.1, 0.15) is 0 Å². The third-order valence-corrected chi connectivity index (χ3v) is 4.43. The van der Waals surface area contributed by atoms with Crippen molar-refractivity contribution in [3.63, 3.8) is 0 Å². The molecule has 25 heavy (non-hydrogen) atoms. The number of likely N-dealkylation sites (N-methyl/N-ethyl adjacent to an activating group) is 1. The van der Waals surface area contributed by atoms with E-state index in [0.29, 0.717) is 19.5 Å². The van der Waals surface area contributed by atoms with Crippen LogP contribution in [-0.4, -0.2) is 73.3 Å². The summed E-state index contributed by atoms with van der Waals surface area (Å²) in [6.07, 6.45) is 6.34. The van der Waals surface area contributed by atoms with Crippen LogP contribution in [0.4, 0.5) is 0 Å². The van der Waals surface area contributed by atoms with Crippen LogP contribution in [0.5, 0.6) is 0 Å². The van der Waals surface area contributed by atoms with Gasteiger partial charge in [0.05, 0.1) is 6.54 Å². The molecule has 1 saturated heterocycles. The zero-order valence-electron chi connectivity index (χ0n) is 15.4. The van der Waals surface area contributed by atoms with Crippen molar-refractivity contribution >= 4 is 17.9 Å². The monoisotopic (exact) mass is 343 g/mol. The van der Waals surface area contributed by atoms with Gasteiger partial charge in [0, 0.05) is 46.7 Å². The molecule has 136 valence electrons. The van der Waals surface area contributed by atoms with Crippen LogP contribution in [0.3, 0.4) is 0 Å². The van der Waals surface area contributed by atoms with Crippen molar-refractivity contribution in [2.45, 2.75) is 19.3 Å². The molecule has 0 aliphatic carbocycles. The molecular weight excluding hydrogens is 314 g/mol. The maximum Gasteiger partial charge on any atom is 0.236 e. The zero-order chi connectivity index (χ0) is 18.1. The molecule has 2 rings (SSSR count). The van der Waals surface area contributed by atoms with Gasteiger partial charge in [0.25, 0.3) is 0 Å². The normalized spacial score (nSPS) is 16.0. The molecular formula is C20H29N3O2. The maximum absolute atomic E-state index is 12.4. The average Bonchev–Trinajstić information content (AvgIpc) is 2.85. The Morgan fingerprint density at radius 1 is 1.08 bits per heavy atom. The predicted octanol–water partition coefficient (Wildman–Crippen LogP) is 2.10. The predicted molar refractivity (Wildman–Crippen MR) is 101 cm³/mol. The minimum atomic E-state index is 0.117. The van der Waals surface area contributed by atoms with Crippen LogP contribution in [-0.2, 0) is 9.59 Å². The summed E-state index contributed by atoms with van der Waals surface area (Å²) in [6.45, 7) is 3.58. The topological polar surface area (TPSA) is 43.9 Å². The summed E-state index contributed by atoms with van der Waals surface area (Å²) < 4.78 is 0. The van der Waals surface area contributed by atoms with E-state index in [4.69, 9.17) is 0 Å². The first-order chi connectivity index (χ1) is 12.1. The lowest BCUT2D eigenvalue weighted by atomic mass is 10.2. The van der Waals surface area contributed by atoms with Crippen molar-refractivity contribution in [2.24, 2.45) is 0 Å². The Morgan fingerprint density at radius 2 is 1.84 bits per heavy atom. The second kappa shape index (κ2) is 9.99. The third-order valence-electron chi connectivity index (χ3n) is 4.43. The van der Waals surface area contributed by atoms with E-state index in [9.17, 15) is 9.59 Å². The van der Waals surface area contributed by atoms with Crippen LogP contribution in [0.1, 0.15) is 24.8 Å². The number of carbonyl (C=O) groups excluding carboxylic acids is 2. The third kappa shape index (κ3) is 6.70. The van der Waals surface area contributed by atoms with Gasteiger partial charge in [-0.05, 0) is 18.4 Å². The fraction of sp³-hybridized carbons (Fsp3) is 0.500. The lowest BCUT2D eigenvalue weighted by Crippen LogP contribution is -2.39. The van der Waals surface area contributed by atoms with E-state index >= 15 is 0 Å². The van der Waals surface area contributed by atoms with Crippen LogP contribution in [0, 0.1) is 0 Å². The molecule has 5 heteroatoms. The largest absolute Gasteiger partial charge is 0.348 e. The van der Waals surface area contributed by atoms with E-state index < -0.39 is 0 Å². The van der Waals surface area contributed by atoms with Gasteiger partial charge in [-0.15, -0.1) is 0 Å². The molecule has 0 bridgehead atoms. The van der Waals surface area contributed by atoms with E-state index in [1.807, 2.05) is 23.1 Å². The van der Waals surface area contributed by atoms with Crippen LogP contribution >= 0.6 is 0 Å². The molecule has 1 aromatic carbocycles. The Labute approximate surface area is 150 Å². The molecule has 0 N–H and O–H groups in total. The summed E-state index contributed by atoms with van der Waals surface area (Å²) in [5.74, 6) is 0.323. The summed E-state index contributed by atoms with van der Waals surface area (Å²) in [5.41, 5.74) is 1.16. The Kier molecular flexibility index (Phi) is 7.67. The van der Waals surface area contributed by atoms with Gasteiger partial charge in [0.15, 0.2) is 0 Å². The quantitative estimate of drug-likeness (QED) is 0.794. The number of nitrogens with zero attached hydrogens (tertiary/aromatic N) is 3. The fourth-order valence-corrected chi connectivity index (χ4v) is 2.86. The number of hydrogen-bond donors (Lipinski definition) is 0. The molecule has 1 aliphatic rings. The van der Waals surface area contributed by atoms with Crippen LogP contribution < -0.4 is 0 Å². The van der Waals surface area contributed by atoms with Crippen LogP contribution in [0.25, 0.3) is 6.08 Å². The van der Waals surface area contributed by atoms with Gasteiger partial charge in [0.2, 0.25) is 11.8 Å². The minimum absolute atomic E-state index is 0.117. The number of rotatable bonds is 6. The van der Waals surface area contributed by atoms with Crippen molar-refractivity contribution < 1.29 is 9.59 Å². The molecule has 1 fully saturated rings. The number of benzene rings is 1. The number of hydrogen-bond acceptors (Lipinski definition) is 3. The number of allylic oxidation sites excluding steroid dienone is 1. The van der Waals surface area contributed by atoms with E-state index in [1.165, 1.54) is 0 Å². The first kappa shape index (κ1) is 19.2. The van der Waals surface area contributed by atoms with E-state index in [-0.39, 0.29) is 11.8 Å². The number of carbonyl (C=O) groups is 2. The Hall–Kier alpha value is -2.14. The molecule has 2 amide bonds. The second-order valence-electron chi connectivity index (χ2n) is 6.65. The minimum Gasteiger partial charge on any atom is -0.348 e. The van der Waals surface area contributed by atoms with Crippen molar-refractivity contribution in [1.82, 2.24) is 14.7 Å². The van der Waals surface area contributed by atoms with Crippen molar-refractivity contribution in [3.8, 4) is 0 Å². The second-order valence-corrected chi connectivity index (χ2v) is 6.65. The molecule has 0 radical (unpaired) electrons. The van der Waals surface area contributed by atoms with Crippen molar-refractivity contribution in [1.29, 1.82) is 0 Å². The Balaban J connectivity index is 1.73. The van der Waals surface area contributed by atoms with Crippen LogP contribution in [0.2, 0.25) is 0 Å². The first-order valence-corrected chi connectivity index (χ1v) is 8.98. The van der Waals surface area contributed by atoms with Gasteiger partial charge < -0.3 is 9.80 Å². The summed E-state index contributed by atoms with van der Waals surface area (Å²) in [7, 11) is 3.55. The van der Waals surface area contributed by atoms with Crippen molar-refractivity contribution in [3.05, 3.63) is 42.0 Å². The van der Waals surface area contributed by atoms with Gasteiger partial charge in [-0.2, -0.15) is 0 Å².